The maximum absolute atomic E-state index is 12.1. The molecule has 0 bridgehead atoms. The van der Waals surface area contributed by atoms with Gasteiger partial charge in [0.25, 0.3) is 0 Å². The van der Waals surface area contributed by atoms with Crippen LogP contribution < -0.4 is 11.1 Å². The van der Waals surface area contributed by atoms with Crippen LogP contribution in [0.4, 0.5) is 5.13 Å². The number of hydrogen-bond acceptors (Lipinski definition) is 4. The van der Waals surface area contributed by atoms with Crippen LogP contribution in [0.1, 0.15) is 43.9 Å². The summed E-state index contributed by atoms with van der Waals surface area (Å²) in [5.74, 6) is -0.0748. The van der Waals surface area contributed by atoms with E-state index in [1.807, 2.05) is 6.20 Å². The number of carbonyl (C=O) groups excluding carboxylic acids is 1. The molecular weight excluding hydrogens is 270 g/mol. The van der Waals surface area contributed by atoms with Crippen molar-refractivity contribution in [2.24, 2.45) is 5.73 Å². The highest BCUT2D eigenvalue weighted by molar-refractivity contribution is 7.15. The van der Waals surface area contributed by atoms with E-state index in [0.29, 0.717) is 5.13 Å². The van der Waals surface area contributed by atoms with Gasteiger partial charge in [0.05, 0.1) is 5.54 Å². The van der Waals surface area contributed by atoms with Crippen molar-refractivity contribution in [1.29, 1.82) is 0 Å². The van der Waals surface area contributed by atoms with Gasteiger partial charge < -0.3 is 11.1 Å². The van der Waals surface area contributed by atoms with Gasteiger partial charge in [-0.1, -0.05) is 26.2 Å². The molecule has 1 fully saturated rings. The fraction of sp³-hybridized carbons (Fsp3) is 0.667. The number of halogens is 1. The first kappa shape index (κ1) is 15.4. The fourth-order valence-electron chi connectivity index (χ4n) is 2.16. The molecule has 0 atom stereocenters. The number of hydrogen-bond donors (Lipinski definition) is 2. The first-order chi connectivity index (χ1) is 8.14. The van der Waals surface area contributed by atoms with E-state index in [1.165, 1.54) is 22.6 Å². The van der Waals surface area contributed by atoms with Gasteiger partial charge in [-0.2, -0.15) is 0 Å². The maximum atomic E-state index is 12.1. The number of carbonyl (C=O) groups is 1. The molecule has 0 unspecified atom stereocenters. The molecule has 0 aromatic carbocycles. The zero-order chi connectivity index (χ0) is 12.3. The van der Waals surface area contributed by atoms with Crippen LogP contribution in [0.2, 0.25) is 0 Å². The van der Waals surface area contributed by atoms with Crippen molar-refractivity contribution in [3.8, 4) is 0 Å². The topological polar surface area (TPSA) is 68.0 Å². The molecule has 102 valence electrons. The van der Waals surface area contributed by atoms with E-state index in [-0.39, 0.29) is 18.3 Å². The number of aryl methyl sites for hydroxylation is 1. The molecule has 1 aliphatic rings. The third-order valence-corrected chi connectivity index (χ3v) is 4.38. The van der Waals surface area contributed by atoms with Crippen molar-refractivity contribution in [2.75, 3.05) is 5.32 Å². The predicted molar refractivity (Wildman–Crippen MR) is 77.4 cm³/mol. The zero-order valence-corrected chi connectivity index (χ0v) is 12.2. The average molecular weight is 290 g/mol. The Kier molecular flexibility index (Phi) is 5.56. The van der Waals surface area contributed by atoms with Crippen LogP contribution in [0.15, 0.2) is 6.20 Å². The quantitative estimate of drug-likeness (QED) is 0.899. The van der Waals surface area contributed by atoms with Crippen molar-refractivity contribution in [3.63, 3.8) is 0 Å². The average Bonchev–Trinajstić information content (AvgIpc) is 2.78. The van der Waals surface area contributed by atoms with Crippen LogP contribution in [-0.2, 0) is 11.2 Å². The number of thiazole rings is 1. The van der Waals surface area contributed by atoms with Crippen LogP contribution in [-0.4, -0.2) is 16.4 Å². The Balaban J connectivity index is 0.00000162. The van der Waals surface area contributed by atoms with Crippen molar-refractivity contribution in [3.05, 3.63) is 11.1 Å². The van der Waals surface area contributed by atoms with Gasteiger partial charge in [0, 0.05) is 11.1 Å². The Bertz CT molecular complexity index is 402. The van der Waals surface area contributed by atoms with Gasteiger partial charge in [-0.15, -0.1) is 23.7 Å². The van der Waals surface area contributed by atoms with Crippen LogP contribution >= 0.6 is 23.7 Å². The van der Waals surface area contributed by atoms with E-state index in [2.05, 4.69) is 17.2 Å². The molecule has 4 nitrogen and oxygen atoms in total. The first-order valence-electron chi connectivity index (χ1n) is 6.19. The second-order valence-corrected chi connectivity index (χ2v) is 5.77. The molecule has 1 heterocycles. The van der Waals surface area contributed by atoms with Gasteiger partial charge >= 0.3 is 0 Å². The summed E-state index contributed by atoms with van der Waals surface area (Å²) in [4.78, 5) is 17.5. The van der Waals surface area contributed by atoms with Gasteiger partial charge in [0.1, 0.15) is 0 Å². The highest BCUT2D eigenvalue weighted by atomic mass is 35.5. The van der Waals surface area contributed by atoms with E-state index in [0.717, 1.165) is 32.1 Å². The second kappa shape index (κ2) is 6.50. The smallest absolute Gasteiger partial charge is 0.246 e. The van der Waals surface area contributed by atoms with Gasteiger partial charge in [-0.3, -0.25) is 4.79 Å². The summed E-state index contributed by atoms with van der Waals surface area (Å²) in [5, 5.41) is 3.52. The highest BCUT2D eigenvalue weighted by Crippen LogP contribution is 2.28. The number of rotatable bonds is 3. The van der Waals surface area contributed by atoms with Crippen molar-refractivity contribution >= 4 is 34.8 Å². The Morgan fingerprint density at radius 2 is 2.17 bits per heavy atom. The minimum absolute atomic E-state index is 0. The number of nitrogens with one attached hydrogen (secondary N) is 1. The molecule has 2 rings (SSSR count). The van der Waals surface area contributed by atoms with E-state index >= 15 is 0 Å². The molecular formula is C12H20ClN3OS. The summed E-state index contributed by atoms with van der Waals surface area (Å²) in [5.41, 5.74) is 5.47. The SMILES string of the molecule is CCc1cnc(NC(=O)C2(N)CCCCC2)s1.Cl. The third kappa shape index (κ3) is 3.43. The van der Waals surface area contributed by atoms with Gasteiger partial charge in [-0.05, 0) is 19.3 Å². The van der Waals surface area contributed by atoms with Crippen LogP contribution in [0.25, 0.3) is 0 Å². The molecule has 6 heteroatoms. The maximum Gasteiger partial charge on any atom is 0.246 e. The largest absolute Gasteiger partial charge is 0.317 e. The molecule has 1 aromatic rings. The molecule has 0 aliphatic heterocycles. The van der Waals surface area contributed by atoms with E-state index in [9.17, 15) is 4.79 Å². The molecule has 1 aliphatic carbocycles. The lowest BCUT2D eigenvalue weighted by Gasteiger charge is -2.31. The molecule has 0 spiro atoms. The fourth-order valence-corrected chi connectivity index (χ4v) is 2.91. The lowest BCUT2D eigenvalue weighted by Crippen LogP contribution is -2.52. The summed E-state index contributed by atoms with van der Waals surface area (Å²) in [6.45, 7) is 2.07. The van der Waals surface area contributed by atoms with Crippen LogP contribution in [0, 0.1) is 0 Å². The summed E-state index contributed by atoms with van der Waals surface area (Å²) in [7, 11) is 0. The van der Waals surface area contributed by atoms with Crippen molar-refractivity contribution in [1.82, 2.24) is 4.98 Å². The minimum Gasteiger partial charge on any atom is -0.317 e. The molecule has 1 aromatic heterocycles. The number of nitrogens with two attached hydrogens (primary N) is 1. The predicted octanol–water partition coefficient (Wildman–Crippen LogP) is 2.73. The molecule has 1 amide bonds. The Labute approximate surface area is 118 Å². The zero-order valence-electron chi connectivity index (χ0n) is 10.6. The Morgan fingerprint density at radius 1 is 1.50 bits per heavy atom. The molecule has 1 saturated carbocycles. The standard InChI is InChI=1S/C12H19N3OS.ClH/c1-2-9-8-14-11(17-9)15-10(16)12(13)6-4-3-5-7-12;/h8H,2-7,13H2,1H3,(H,14,15,16);1H. The van der Waals surface area contributed by atoms with E-state index in [1.54, 1.807) is 0 Å². The number of anilines is 1. The van der Waals surface area contributed by atoms with Gasteiger partial charge in [0.2, 0.25) is 5.91 Å². The Hall–Kier alpha value is -0.650. The van der Waals surface area contributed by atoms with Crippen molar-refractivity contribution in [2.45, 2.75) is 51.0 Å². The van der Waals surface area contributed by atoms with Crippen LogP contribution in [0.5, 0.6) is 0 Å². The molecule has 3 N–H and O–H groups in total. The number of aromatic nitrogens is 1. The summed E-state index contributed by atoms with van der Waals surface area (Å²) < 4.78 is 0. The Morgan fingerprint density at radius 3 is 2.72 bits per heavy atom. The third-order valence-electron chi connectivity index (χ3n) is 3.32. The van der Waals surface area contributed by atoms with Gasteiger partial charge in [-0.25, -0.2) is 4.98 Å². The number of amides is 1. The van der Waals surface area contributed by atoms with Gasteiger partial charge in [0.15, 0.2) is 5.13 Å². The number of nitrogens with zero attached hydrogens (tertiary/aromatic N) is 1. The lowest BCUT2D eigenvalue weighted by atomic mass is 9.82. The normalized spacial score (nSPS) is 17.9. The van der Waals surface area contributed by atoms with Crippen LogP contribution in [0.3, 0.4) is 0 Å². The summed E-state index contributed by atoms with van der Waals surface area (Å²) in [6.07, 6.45) is 7.59. The molecule has 18 heavy (non-hydrogen) atoms. The second-order valence-electron chi connectivity index (χ2n) is 4.66. The minimum atomic E-state index is -0.684. The summed E-state index contributed by atoms with van der Waals surface area (Å²) in [6, 6.07) is 0. The summed E-state index contributed by atoms with van der Waals surface area (Å²) >= 11 is 1.53. The first-order valence-corrected chi connectivity index (χ1v) is 7.01. The highest BCUT2D eigenvalue weighted by Gasteiger charge is 2.35. The van der Waals surface area contributed by atoms with E-state index < -0.39 is 5.54 Å². The molecule has 0 radical (unpaired) electrons. The lowest BCUT2D eigenvalue weighted by molar-refractivity contribution is -0.122. The monoisotopic (exact) mass is 289 g/mol. The molecule has 0 saturated heterocycles. The van der Waals surface area contributed by atoms with E-state index in [4.69, 9.17) is 5.73 Å². The van der Waals surface area contributed by atoms with Crippen molar-refractivity contribution < 1.29 is 4.79 Å².